The van der Waals surface area contributed by atoms with Gasteiger partial charge in [-0.15, -0.1) is 12.4 Å². The van der Waals surface area contributed by atoms with Gasteiger partial charge in [-0.2, -0.15) is 5.10 Å². The van der Waals surface area contributed by atoms with Crippen LogP contribution in [0.1, 0.15) is 6.42 Å². The molecule has 0 spiro atoms. The minimum absolute atomic E-state index is 0. The van der Waals surface area contributed by atoms with E-state index in [0.717, 1.165) is 30.9 Å². The summed E-state index contributed by atoms with van der Waals surface area (Å²) in [5.74, 6) is 1.42. The molecule has 21 heavy (non-hydrogen) atoms. The van der Waals surface area contributed by atoms with Crippen molar-refractivity contribution in [2.45, 2.75) is 19.5 Å². The molecule has 0 fully saturated rings. The van der Waals surface area contributed by atoms with E-state index in [9.17, 15) is 0 Å². The molecule has 0 aliphatic rings. The highest BCUT2D eigenvalue weighted by Crippen LogP contribution is 2.18. The normalized spacial score (nSPS) is 10.3. The molecule has 0 saturated heterocycles. The largest absolute Gasteiger partial charge is 0.384 e. The Bertz CT molecular complexity index is 676. The lowest BCUT2D eigenvalue weighted by Crippen LogP contribution is -2.05. The topological polar surface area (TPSA) is 74.5 Å². The van der Waals surface area contributed by atoms with Crippen LogP contribution in [0.15, 0.2) is 49.2 Å². The Kier molecular flexibility index (Phi) is 4.94. The Morgan fingerprint density at radius 3 is 2.71 bits per heavy atom. The standard InChI is InChI=1S/C14H16N6.ClH/c15-13-11-12(3-5-16-13)14-17-6-10-19(14)7-2-9-20-8-1-4-18-20;/h1,3-6,8,10-11H,2,7,9H2,(H2,15,16);1H. The molecule has 0 aliphatic carbocycles. The number of pyridine rings is 1. The fourth-order valence-corrected chi connectivity index (χ4v) is 2.17. The molecular formula is C14H17ClN6. The fourth-order valence-electron chi connectivity index (χ4n) is 2.17. The molecule has 7 heteroatoms. The van der Waals surface area contributed by atoms with E-state index in [4.69, 9.17) is 5.73 Å². The third-order valence-electron chi connectivity index (χ3n) is 3.10. The summed E-state index contributed by atoms with van der Waals surface area (Å²) in [6.45, 7) is 1.78. The lowest BCUT2D eigenvalue weighted by molar-refractivity contribution is 0.529. The number of aromatic nitrogens is 5. The number of rotatable bonds is 5. The van der Waals surface area contributed by atoms with Gasteiger partial charge in [-0.3, -0.25) is 4.68 Å². The maximum absolute atomic E-state index is 5.72. The van der Waals surface area contributed by atoms with Gasteiger partial charge in [-0.05, 0) is 24.6 Å². The van der Waals surface area contributed by atoms with Crippen LogP contribution in [0.2, 0.25) is 0 Å². The second-order valence-electron chi connectivity index (χ2n) is 4.54. The zero-order valence-electron chi connectivity index (χ0n) is 11.5. The number of hydrogen-bond acceptors (Lipinski definition) is 4. The van der Waals surface area contributed by atoms with Gasteiger partial charge in [-0.1, -0.05) is 0 Å². The first-order chi connectivity index (χ1) is 9.83. The van der Waals surface area contributed by atoms with Crippen LogP contribution in [0.5, 0.6) is 0 Å². The van der Waals surface area contributed by atoms with Crippen LogP contribution in [0.25, 0.3) is 11.4 Å². The summed E-state index contributed by atoms with van der Waals surface area (Å²) in [5.41, 5.74) is 6.71. The highest BCUT2D eigenvalue weighted by molar-refractivity contribution is 5.85. The highest BCUT2D eigenvalue weighted by atomic mass is 35.5. The fraction of sp³-hybridized carbons (Fsp3) is 0.214. The number of nitrogen functional groups attached to an aromatic ring is 1. The predicted molar refractivity (Wildman–Crippen MR) is 84.0 cm³/mol. The van der Waals surface area contributed by atoms with Crippen molar-refractivity contribution < 1.29 is 0 Å². The van der Waals surface area contributed by atoms with Crippen molar-refractivity contribution in [3.63, 3.8) is 0 Å². The van der Waals surface area contributed by atoms with Gasteiger partial charge in [0.2, 0.25) is 0 Å². The first-order valence-corrected chi connectivity index (χ1v) is 6.53. The van der Waals surface area contributed by atoms with E-state index in [1.807, 2.05) is 35.3 Å². The summed E-state index contributed by atoms with van der Waals surface area (Å²) in [4.78, 5) is 8.40. The molecule has 0 radical (unpaired) electrons. The van der Waals surface area contributed by atoms with E-state index in [-0.39, 0.29) is 12.4 Å². The van der Waals surface area contributed by atoms with E-state index < -0.39 is 0 Å². The number of anilines is 1. The third-order valence-corrected chi connectivity index (χ3v) is 3.10. The van der Waals surface area contributed by atoms with Gasteiger partial charge in [0.15, 0.2) is 0 Å². The molecular weight excluding hydrogens is 288 g/mol. The number of aryl methyl sites for hydroxylation is 2. The predicted octanol–water partition coefficient (Wildman–Crippen LogP) is 2.24. The lowest BCUT2D eigenvalue weighted by Gasteiger charge is -2.08. The van der Waals surface area contributed by atoms with Crippen molar-refractivity contribution in [3.8, 4) is 11.4 Å². The molecule has 3 rings (SSSR count). The smallest absolute Gasteiger partial charge is 0.140 e. The maximum Gasteiger partial charge on any atom is 0.140 e. The van der Waals surface area contributed by atoms with Crippen molar-refractivity contribution >= 4 is 18.2 Å². The van der Waals surface area contributed by atoms with E-state index >= 15 is 0 Å². The summed E-state index contributed by atoms with van der Waals surface area (Å²) in [6.07, 6.45) is 10.2. The summed E-state index contributed by atoms with van der Waals surface area (Å²) in [6, 6.07) is 5.69. The Hall–Kier alpha value is -2.34. The monoisotopic (exact) mass is 304 g/mol. The van der Waals surface area contributed by atoms with E-state index in [0.29, 0.717) is 5.82 Å². The summed E-state index contributed by atoms with van der Waals surface area (Å²) < 4.78 is 4.05. The van der Waals surface area contributed by atoms with Crippen LogP contribution in [-0.4, -0.2) is 24.3 Å². The van der Waals surface area contributed by atoms with Crippen LogP contribution >= 0.6 is 12.4 Å². The highest BCUT2D eigenvalue weighted by Gasteiger charge is 2.06. The van der Waals surface area contributed by atoms with Gasteiger partial charge in [0.1, 0.15) is 11.6 Å². The quantitative estimate of drug-likeness (QED) is 0.784. The van der Waals surface area contributed by atoms with E-state index in [1.165, 1.54) is 0 Å². The maximum atomic E-state index is 5.72. The molecule has 0 saturated carbocycles. The summed E-state index contributed by atoms with van der Waals surface area (Å²) in [5, 5.41) is 4.19. The van der Waals surface area contributed by atoms with E-state index in [1.54, 1.807) is 18.6 Å². The molecule has 3 aromatic rings. The Labute approximate surface area is 129 Å². The molecule has 110 valence electrons. The second-order valence-corrected chi connectivity index (χ2v) is 4.54. The molecule has 3 heterocycles. The molecule has 0 bridgehead atoms. The van der Waals surface area contributed by atoms with Gasteiger partial charge < -0.3 is 10.3 Å². The van der Waals surface area contributed by atoms with Crippen LogP contribution < -0.4 is 5.73 Å². The van der Waals surface area contributed by atoms with Crippen molar-refractivity contribution in [1.29, 1.82) is 0 Å². The molecule has 6 nitrogen and oxygen atoms in total. The second kappa shape index (κ2) is 6.90. The average molecular weight is 305 g/mol. The van der Waals surface area contributed by atoms with Crippen LogP contribution in [0.4, 0.5) is 5.82 Å². The first kappa shape index (κ1) is 15.1. The number of imidazole rings is 1. The van der Waals surface area contributed by atoms with Crippen molar-refractivity contribution in [3.05, 3.63) is 49.2 Å². The minimum Gasteiger partial charge on any atom is -0.384 e. The van der Waals surface area contributed by atoms with Crippen LogP contribution in [0, 0.1) is 0 Å². The van der Waals surface area contributed by atoms with Gasteiger partial charge in [0.05, 0.1) is 0 Å². The first-order valence-electron chi connectivity index (χ1n) is 6.53. The van der Waals surface area contributed by atoms with Gasteiger partial charge in [0.25, 0.3) is 0 Å². The molecule has 0 amide bonds. The Morgan fingerprint density at radius 2 is 1.95 bits per heavy atom. The van der Waals surface area contributed by atoms with Gasteiger partial charge in [-0.25, -0.2) is 9.97 Å². The van der Waals surface area contributed by atoms with Gasteiger partial charge >= 0.3 is 0 Å². The molecule has 2 N–H and O–H groups in total. The SMILES string of the molecule is Cl.Nc1cc(-c2nccn2CCCn2cccn2)ccn1. The van der Waals surface area contributed by atoms with Gasteiger partial charge in [0, 0.05) is 49.6 Å². The summed E-state index contributed by atoms with van der Waals surface area (Å²) >= 11 is 0. The van der Waals surface area contributed by atoms with Crippen LogP contribution in [-0.2, 0) is 13.1 Å². The molecule has 0 unspecified atom stereocenters. The average Bonchev–Trinajstić information content (AvgIpc) is 3.10. The molecule has 0 aromatic carbocycles. The van der Waals surface area contributed by atoms with Crippen molar-refractivity contribution in [1.82, 2.24) is 24.3 Å². The van der Waals surface area contributed by atoms with Crippen LogP contribution in [0.3, 0.4) is 0 Å². The molecule has 0 atom stereocenters. The summed E-state index contributed by atoms with van der Waals surface area (Å²) in [7, 11) is 0. The lowest BCUT2D eigenvalue weighted by atomic mass is 10.2. The Morgan fingerprint density at radius 1 is 1.05 bits per heavy atom. The zero-order valence-corrected chi connectivity index (χ0v) is 12.3. The van der Waals surface area contributed by atoms with Crippen molar-refractivity contribution in [2.24, 2.45) is 0 Å². The van der Waals surface area contributed by atoms with E-state index in [2.05, 4.69) is 19.6 Å². The molecule has 0 aliphatic heterocycles. The minimum atomic E-state index is 0. The number of halogens is 1. The van der Waals surface area contributed by atoms with Crippen molar-refractivity contribution in [2.75, 3.05) is 5.73 Å². The zero-order chi connectivity index (χ0) is 13.8. The Balaban J connectivity index is 0.00000161. The molecule has 3 aromatic heterocycles. The number of nitrogens with two attached hydrogens (primary N) is 1. The number of hydrogen-bond donors (Lipinski definition) is 1. The third kappa shape index (κ3) is 3.61. The number of nitrogens with zero attached hydrogens (tertiary/aromatic N) is 5.